The van der Waals surface area contributed by atoms with Crippen LogP contribution in [0.5, 0.6) is 0 Å². The summed E-state index contributed by atoms with van der Waals surface area (Å²) in [6, 6.07) is 3.98. The van der Waals surface area contributed by atoms with Crippen LogP contribution in [0.2, 0.25) is 0 Å². The van der Waals surface area contributed by atoms with Gasteiger partial charge in [0.25, 0.3) is 0 Å². The van der Waals surface area contributed by atoms with Crippen molar-refractivity contribution in [2.45, 2.75) is 56.4 Å². The summed E-state index contributed by atoms with van der Waals surface area (Å²) in [5.41, 5.74) is -0.727. The summed E-state index contributed by atoms with van der Waals surface area (Å²) in [6.07, 6.45) is 1.67. The van der Waals surface area contributed by atoms with Gasteiger partial charge in [-0.1, -0.05) is 20.8 Å². The van der Waals surface area contributed by atoms with E-state index in [1.54, 1.807) is 0 Å². The number of sulfonamides is 1. The van der Waals surface area contributed by atoms with E-state index in [-0.39, 0.29) is 15.2 Å². The molecular formula is C15H24BrNO4S2. The molecular weight excluding hydrogens is 402 g/mol. The lowest BCUT2D eigenvalue weighted by atomic mass is 9.82. The molecule has 1 aromatic rings. The normalized spacial score (nSPS) is 14.0. The third-order valence-corrected chi connectivity index (χ3v) is 6.81. The Balaban J connectivity index is 3.29. The Morgan fingerprint density at radius 2 is 1.57 bits per heavy atom. The molecule has 0 amide bonds. The molecule has 23 heavy (non-hydrogen) atoms. The zero-order valence-corrected chi connectivity index (χ0v) is 17.5. The second-order valence-corrected chi connectivity index (χ2v) is 12.1. The molecule has 1 N–H and O–H groups in total. The second kappa shape index (κ2) is 6.46. The highest BCUT2D eigenvalue weighted by Crippen LogP contribution is 2.30. The Kier molecular flexibility index (Phi) is 5.79. The molecule has 0 aliphatic heterocycles. The van der Waals surface area contributed by atoms with Crippen LogP contribution in [-0.4, -0.2) is 28.6 Å². The molecule has 0 fully saturated rings. The molecule has 0 heterocycles. The van der Waals surface area contributed by atoms with Crippen molar-refractivity contribution in [2.24, 2.45) is 5.41 Å². The first-order chi connectivity index (χ1) is 10.0. The Bertz CT molecular complexity index is 791. The number of nitrogens with one attached hydrogen (secondary N) is 1. The summed E-state index contributed by atoms with van der Waals surface area (Å²) in [4.78, 5) is -0.114. The number of sulfone groups is 1. The minimum absolute atomic E-state index is 0.0327. The van der Waals surface area contributed by atoms with Crippen LogP contribution in [0, 0.1) is 5.41 Å². The molecule has 0 radical (unpaired) electrons. The van der Waals surface area contributed by atoms with Gasteiger partial charge in [-0.2, -0.15) is 0 Å². The lowest BCUT2D eigenvalue weighted by molar-refractivity contribution is 0.269. The molecule has 5 nitrogen and oxygen atoms in total. The van der Waals surface area contributed by atoms with Gasteiger partial charge in [-0.15, -0.1) is 0 Å². The van der Waals surface area contributed by atoms with Crippen LogP contribution in [0.15, 0.2) is 32.5 Å². The van der Waals surface area contributed by atoms with Gasteiger partial charge in [-0.3, -0.25) is 0 Å². The second-order valence-electron chi connectivity index (χ2n) is 7.59. The zero-order chi connectivity index (χ0) is 18.3. The van der Waals surface area contributed by atoms with E-state index in [4.69, 9.17) is 0 Å². The lowest BCUT2D eigenvalue weighted by Gasteiger charge is -2.33. The number of benzene rings is 1. The quantitative estimate of drug-likeness (QED) is 0.783. The number of rotatable bonds is 5. The molecule has 0 saturated carbocycles. The van der Waals surface area contributed by atoms with Crippen LogP contribution in [0.1, 0.15) is 41.0 Å². The van der Waals surface area contributed by atoms with Crippen molar-refractivity contribution in [3.8, 4) is 0 Å². The summed E-state index contributed by atoms with van der Waals surface area (Å²) in [5, 5.41) is 0. The van der Waals surface area contributed by atoms with E-state index in [9.17, 15) is 16.8 Å². The van der Waals surface area contributed by atoms with E-state index in [1.807, 2.05) is 34.6 Å². The molecule has 0 spiro atoms. The highest BCUT2D eigenvalue weighted by molar-refractivity contribution is 9.10. The van der Waals surface area contributed by atoms with Gasteiger partial charge in [0, 0.05) is 16.3 Å². The molecule has 132 valence electrons. The maximum absolute atomic E-state index is 12.7. The minimum atomic E-state index is -3.87. The topological polar surface area (TPSA) is 80.3 Å². The van der Waals surface area contributed by atoms with Crippen molar-refractivity contribution < 1.29 is 16.8 Å². The number of halogens is 1. The third-order valence-electron chi connectivity index (χ3n) is 3.00. The summed E-state index contributed by atoms with van der Waals surface area (Å²) >= 11 is 3.19. The molecule has 0 aliphatic rings. The summed E-state index contributed by atoms with van der Waals surface area (Å²) in [7, 11) is -7.35. The molecule has 0 aromatic heterocycles. The Labute approximate surface area is 148 Å². The van der Waals surface area contributed by atoms with Crippen molar-refractivity contribution in [2.75, 3.05) is 6.26 Å². The van der Waals surface area contributed by atoms with E-state index in [0.29, 0.717) is 10.9 Å². The summed E-state index contributed by atoms with van der Waals surface area (Å²) < 4.78 is 51.7. The first-order valence-electron chi connectivity index (χ1n) is 7.07. The van der Waals surface area contributed by atoms with E-state index in [2.05, 4.69) is 20.7 Å². The maximum atomic E-state index is 12.7. The maximum Gasteiger partial charge on any atom is 0.242 e. The molecule has 0 unspecified atom stereocenters. The standard InChI is InChI=1S/C15H24BrNO4S2/c1-14(2,3)10-15(4,5)17-23(20,21)13-9-11(22(6,18)19)7-8-12(13)16/h7-9,17H,10H2,1-6H3. The average Bonchev–Trinajstić information content (AvgIpc) is 2.21. The van der Waals surface area contributed by atoms with Gasteiger partial charge in [-0.25, -0.2) is 21.6 Å². The predicted octanol–water partition coefficient (Wildman–Crippen LogP) is 3.35. The third kappa shape index (κ3) is 6.17. The molecule has 0 aliphatic carbocycles. The van der Waals surface area contributed by atoms with E-state index in [0.717, 1.165) is 6.26 Å². The number of hydrogen-bond acceptors (Lipinski definition) is 4. The van der Waals surface area contributed by atoms with Gasteiger partial charge in [0.15, 0.2) is 9.84 Å². The van der Waals surface area contributed by atoms with Gasteiger partial charge in [0.2, 0.25) is 10.0 Å². The van der Waals surface area contributed by atoms with E-state index < -0.39 is 25.4 Å². The van der Waals surface area contributed by atoms with Crippen LogP contribution in [0.3, 0.4) is 0 Å². The molecule has 0 saturated heterocycles. The predicted molar refractivity (Wildman–Crippen MR) is 95.7 cm³/mol. The van der Waals surface area contributed by atoms with Crippen molar-refractivity contribution in [1.82, 2.24) is 4.72 Å². The fraction of sp³-hybridized carbons (Fsp3) is 0.600. The van der Waals surface area contributed by atoms with Crippen molar-refractivity contribution in [3.63, 3.8) is 0 Å². The smallest absolute Gasteiger partial charge is 0.224 e. The fourth-order valence-corrected chi connectivity index (χ4v) is 5.83. The molecule has 8 heteroatoms. The lowest BCUT2D eigenvalue weighted by Crippen LogP contribution is -2.45. The van der Waals surface area contributed by atoms with Gasteiger partial charge in [-0.05, 0) is 59.8 Å². The molecule has 1 rings (SSSR count). The number of hydrogen-bond donors (Lipinski definition) is 1. The average molecular weight is 426 g/mol. The zero-order valence-electron chi connectivity index (χ0n) is 14.3. The van der Waals surface area contributed by atoms with Gasteiger partial charge >= 0.3 is 0 Å². The largest absolute Gasteiger partial charge is 0.242 e. The van der Waals surface area contributed by atoms with Crippen LogP contribution in [0.25, 0.3) is 0 Å². The van der Waals surface area contributed by atoms with E-state index >= 15 is 0 Å². The van der Waals surface area contributed by atoms with Gasteiger partial charge in [0.05, 0.1) is 9.79 Å². The minimum Gasteiger partial charge on any atom is -0.224 e. The van der Waals surface area contributed by atoms with Crippen molar-refractivity contribution in [1.29, 1.82) is 0 Å². The van der Waals surface area contributed by atoms with Crippen molar-refractivity contribution in [3.05, 3.63) is 22.7 Å². The summed E-state index contributed by atoms with van der Waals surface area (Å²) in [6.45, 7) is 9.71. The monoisotopic (exact) mass is 425 g/mol. The molecule has 0 bridgehead atoms. The van der Waals surface area contributed by atoms with Crippen LogP contribution >= 0.6 is 15.9 Å². The van der Waals surface area contributed by atoms with Crippen LogP contribution < -0.4 is 4.72 Å². The summed E-state index contributed by atoms with van der Waals surface area (Å²) in [5.74, 6) is 0. The Morgan fingerprint density at radius 1 is 1.04 bits per heavy atom. The fourth-order valence-electron chi connectivity index (χ4n) is 2.70. The first kappa shape index (κ1) is 20.6. The van der Waals surface area contributed by atoms with Gasteiger partial charge < -0.3 is 0 Å². The highest BCUT2D eigenvalue weighted by atomic mass is 79.9. The molecule has 0 atom stereocenters. The Morgan fingerprint density at radius 3 is 2.00 bits per heavy atom. The molecule has 1 aromatic carbocycles. The Hall–Kier alpha value is -0.440. The van der Waals surface area contributed by atoms with Crippen molar-refractivity contribution >= 4 is 35.8 Å². The van der Waals surface area contributed by atoms with E-state index in [1.165, 1.54) is 18.2 Å². The van der Waals surface area contributed by atoms with Crippen LogP contribution in [-0.2, 0) is 19.9 Å². The van der Waals surface area contributed by atoms with Gasteiger partial charge in [0.1, 0.15) is 0 Å². The van der Waals surface area contributed by atoms with Crippen LogP contribution in [0.4, 0.5) is 0 Å². The first-order valence-corrected chi connectivity index (χ1v) is 11.2. The highest BCUT2D eigenvalue weighted by Gasteiger charge is 2.31. The SMILES string of the molecule is CC(C)(C)CC(C)(C)NS(=O)(=O)c1cc(S(C)(=O)=O)ccc1Br.